The number of amidine groups is 1. The van der Waals surface area contributed by atoms with Crippen molar-refractivity contribution in [3.8, 4) is 0 Å². The molecule has 0 aromatic rings. The Balaban J connectivity index is 3.40. The van der Waals surface area contributed by atoms with Gasteiger partial charge in [-0.15, -0.1) is 0 Å². The lowest BCUT2D eigenvalue weighted by Crippen LogP contribution is -2.39. The van der Waals surface area contributed by atoms with Crippen LogP contribution in [0.4, 0.5) is 0 Å². The monoisotopic (exact) mass is 202 g/mol. The van der Waals surface area contributed by atoms with E-state index in [2.05, 4.69) is 4.99 Å². The maximum absolute atomic E-state index is 9.27. The summed E-state index contributed by atoms with van der Waals surface area (Å²) in [5.74, 6) is 0.608. The van der Waals surface area contributed by atoms with E-state index in [-0.39, 0.29) is 12.6 Å². The quantitative estimate of drug-likeness (QED) is 0.245. The highest BCUT2D eigenvalue weighted by molar-refractivity contribution is 5.77. The molecule has 0 saturated carbocycles. The molecule has 0 aliphatic heterocycles. The van der Waals surface area contributed by atoms with Gasteiger partial charge in [0.15, 0.2) is 0 Å². The molecular formula is C9H22N4O. The van der Waals surface area contributed by atoms with Gasteiger partial charge in [-0.3, -0.25) is 4.99 Å². The fourth-order valence-corrected chi connectivity index (χ4v) is 1.11. The summed E-state index contributed by atoms with van der Waals surface area (Å²) in [7, 11) is 0. The minimum atomic E-state index is -0.588. The van der Waals surface area contributed by atoms with E-state index in [0.717, 1.165) is 25.8 Å². The molecule has 7 N–H and O–H groups in total. The molecule has 0 rings (SSSR count). The van der Waals surface area contributed by atoms with Gasteiger partial charge in [0.25, 0.3) is 0 Å². The predicted octanol–water partition coefficient (Wildman–Crippen LogP) is -0.819. The lowest BCUT2D eigenvalue weighted by Gasteiger charge is -2.16. The van der Waals surface area contributed by atoms with E-state index in [0.29, 0.717) is 5.84 Å². The molecule has 0 spiro atoms. The molecule has 5 nitrogen and oxygen atoms in total. The Bertz CT molecular complexity index is 168. The number of aliphatic hydroxyl groups excluding tert-OH is 1. The highest BCUT2D eigenvalue weighted by Gasteiger charge is 2.11. The first kappa shape index (κ1) is 13.4. The van der Waals surface area contributed by atoms with E-state index in [1.165, 1.54) is 0 Å². The summed E-state index contributed by atoms with van der Waals surface area (Å²) in [5.41, 5.74) is 16.3. The van der Waals surface area contributed by atoms with Crippen LogP contribution in [0, 0.1) is 0 Å². The molecule has 5 heteroatoms. The van der Waals surface area contributed by atoms with E-state index in [1.54, 1.807) is 6.92 Å². The average Bonchev–Trinajstić information content (AvgIpc) is 2.15. The van der Waals surface area contributed by atoms with Crippen molar-refractivity contribution in [2.45, 2.75) is 38.3 Å². The normalized spacial score (nSPS) is 16.7. The zero-order valence-corrected chi connectivity index (χ0v) is 8.82. The number of hydrogen-bond donors (Lipinski definition) is 4. The molecule has 2 unspecified atom stereocenters. The van der Waals surface area contributed by atoms with Gasteiger partial charge in [-0.05, 0) is 26.2 Å². The Morgan fingerprint density at radius 2 is 2.07 bits per heavy atom. The van der Waals surface area contributed by atoms with Gasteiger partial charge in [0, 0.05) is 19.1 Å². The van der Waals surface area contributed by atoms with Gasteiger partial charge in [0.05, 0.1) is 11.9 Å². The van der Waals surface area contributed by atoms with Crippen LogP contribution in [-0.4, -0.2) is 36.2 Å². The van der Waals surface area contributed by atoms with Crippen molar-refractivity contribution in [1.82, 2.24) is 0 Å². The second-order valence-corrected chi connectivity index (χ2v) is 3.49. The topological polar surface area (TPSA) is 111 Å². The Hall–Kier alpha value is -0.650. The summed E-state index contributed by atoms with van der Waals surface area (Å²) < 4.78 is 0. The Morgan fingerprint density at radius 3 is 2.57 bits per heavy atom. The van der Waals surface area contributed by atoms with Crippen LogP contribution in [0.15, 0.2) is 4.99 Å². The molecule has 0 saturated heterocycles. The Morgan fingerprint density at radius 1 is 1.43 bits per heavy atom. The number of aliphatic imine (C=N–C) groups is 1. The number of aliphatic hydroxyl groups is 1. The lowest BCUT2D eigenvalue weighted by molar-refractivity contribution is 0.147. The SMILES string of the molecule is CC(N)=NCCCCC(N)C(O)CN. The highest BCUT2D eigenvalue weighted by atomic mass is 16.3. The average molecular weight is 202 g/mol. The zero-order valence-electron chi connectivity index (χ0n) is 8.82. The van der Waals surface area contributed by atoms with Crippen LogP contribution in [0.3, 0.4) is 0 Å². The molecule has 0 bridgehead atoms. The number of nitrogens with two attached hydrogens (primary N) is 3. The lowest BCUT2D eigenvalue weighted by atomic mass is 10.1. The molecular weight excluding hydrogens is 180 g/mol. The standard InChI is InChI=1S/C9H22N4O/c1-7(11)13-5-3-2-4-8(12)9(14)6-10/h8-9,14H,2-6,10,12H2,1H3,(H2,11,13). The number of nitrogens with zero attached hydrogens (tertiary/aromatic N) is 1. The highest BCUT2D eigenvalue weighted by Crippen LogP contribution is 2.02. The van der Waals surface area contributed by atoms with Crippen LogP contribution in [0.5, 0.6) is 0 Å². The van der Waals surface area contributed by atoms with Gasteiger partial charge >= 0.3 is 0 Å². The van der Waals surface area contributed by atoms with E-state index in [9.17, 15) is 5.11 Å². The molecule has 0 aliphatic carbocycles. The second kappa shape index (κ2) is 7.73. The minimum absolute atomic E-state index is 0.219. The van der Waals surface area contributed by atoms with Crippen molar-refractivity contribution in [1.29, 1.82) is 0 Å². The predicted molar refractivity (Wildman–Crippen MR) is 59.1 cm³/mol. The number of unbranched alkanes of at least 4 members (excludes halogenated alkanes) is 1. The van der Waals surface area contributed by atoms with Crippen LogP contribution in [0.25, 0.3) is 0 Å². The van der Waals surface area contributed by atoms with Crippen molar-refractivity contribution < 1.29 is 5.11 Å². The Labute approximate surface area is 85.4 Å². The molecule has 0 radical (unpaired) electrons. The zero-order chi connectivity index (χ0) is 11.0. The fraction of sp³-hybridized carbons (Fsp3) is 0.889. The van der Waals surface area contributed by atoms with Crippen molar-refractivity contribution in [3.63, 3.8) is 0 Å². The third-order valence-corrected chi connectivity index (χ3v) is 2.04. The Kier molecular flexibility index (Phi) is 7.37. The minimum Gasteiger partial charge on any atom is -0.390 e. The summed E-state index contributed by atoms with van der Waals surface area (Å²) in [6, 6.07) is -0.219. The third-order valence-electron chi connectivity index (χ3n) is 2.04. The fourth-order valence-electron chi connectivity index (χ4n) is 1.11. The molecule has 84 valence electrons. The molecule has 14 heavy (non-hydrogen) atoms. The second-order valence-electron chi connectivity index (χ2n) is 3.49. The van der Waals surface area contributed by atoms with Crippen LogP contribution in [0.2, 0.25) is 0 Å². The van der Waals surface area contributed by atoms with Crippen molar-refractivity contribution in [3.05, 3.63) is 0 Å². The van der Waals surface area contributed by atoms with Crippen molar-refractivity contribution >= 4 is 5.84 Å². The van der Waals surface area contributed by atoms with Gasteiger partial charge in [0.2, 0.25) is 0 Å². The van der Waals surface area contributed by atoms with Gasteiger partial charge in [-0.1, -0.05) is 0 Å². The van der Waals surface area contributed by atoms with Crippen molar-refractivity contribution in [2.75, 3.05) is 13.1 Å². The van der Waals surface area contributed by atoms with Gasteiger partial charge < -0.3 is 22.3 Å². The molecule has 0 aromatic carbocycles. The molecule has 0 aliphatic rings. The van der Waals surface area contributed by atoms with E-state index >= 15 is 0 Å². The van der Waals surface area contributed by atoms with Crippen molar-refractivity contribution in [2.24, 2.45) is 22.2 Å². The summed E-state index contributed by atoms with van der Waals surface area (Å²) >= 11 is 0. The summed E-state index contributed by atoms with van der Waals surface area (Å²) in [6.45, 7) is 2.72. The smallest absolute Gasteiger partial charge is 0.0905 e. The summed E-state index contributed by atoms with van der Waals surface area (Å²) in [4.78, 5) is 4.05. The van der Waals surface area contributed by atoms with Crippen LogP contribution < -0.4 is 17.2 Å². The molecule has 0 fully saturated rings. The van der Waals surface area contributed by atoms with Gasteiger partial charge in [-0.2, -0.15) is 0 Å². The van der Waals surface area contributed by atoms with E-state index < -0.39 is 6.10 Å². The number of hydrogen-bond acceptors (Lipinski definition) is 4. The summed E-state index contributed by atoms with van der Waals surface area (Å²) in [5, 5.41) is 9.27. The van der Waals surface area contributed by atoms with Crippen LogP contribution in [-0.2, 0) is 0 Å². The number of rotatable bonds is 7. The van der Waals surface area contributed by atoms with E-state index in [1.807, 2.05) is 0 Å². The maximum atomic E-state index is 9.27. The largest absolute Gasteiger partial charge is 0.390 e. The molecule has 0 heterocycles. The maximum Gasteiger partial charge on any atom is 0.0905 e. The first-order valence-electron chi connectivity index (χ1n) is 4.98. The van der Waals surface area contributed by atoms with Gasteiger partial charge in [-0.25, -0.2) is 0 Å². The molecule has 2 atom stereocenters. The van der Waals surface area contributed by atoms with E-state index in [4.69, 9.17) is 17.2 Å². The molecule has 0 amide bonds. The first-order chi connectivity index (χ1) is 6.57. The summed E-state index contributed by atoms with van der Waals surface area (Å²) in [6.07, 6.45) is 2.07. The van der Waals surface area contributed by atoms with Gasteiger partial charge in [0.1, 0.15) is 0 Å². The third kappa shape index (κ3) is 6.82. The first-order valence-corrected chi connectivity index (χ1v) is 4.98. The van der Waals surface area contributed by atoms with Crippen LogP contribution in [0.1, 0.15) is 26.2 Å². The molecule has 0 aromatic heterocycles. The van der Waals surface area contributed by atoms with Crippen LogP contribution >= 0.6 is 0 Å².